The largest absolute Gasteiger partial charge is 0.494 e. The molecule has 1 atom stereocenters. The molecule has 2 bridgehead atoms. The van der Waals surface area contributed by atoms with Gasteiger partial charge in [0.1, 0.15) is 11.5 Å². The second-order valence-corrected chi connectivity index (χ2v) is 9.47. The number of aromatic nitrogens is 2. The molecule has 31 heavy (non-hydrogen) atoms. The van der Waals surface area contributed by atoms with Crippen LogP contribution in [0, 0.1) is 5.92 Å². The van der Waals surface area contributed by atoms with Gasteiger partial charge in [-0.25, -0.2) is 4.99 Å². The van der Waals surface area contributed by atoms with Gasteiger partial charge < -0.3 is 14.7 Å². The van der Waals surface area contributed by atoms with E-state index in [0.29, 0.717) is 11.8 Å². The number of ether oxygens (including phenoxy) is 1. The Labute approximate surface area is 186 Å². The van der Waals surface area contributed by atoms with E-state index in [1.807, 2.05) is 24.4 Å². The Balaban J connectivity index is 1.71. The van der Waals surface area contributed by atoms with Crippen LogP contribution in [0.4, 0.5) is 0 Å². The van der Waals surface area contributed by atoms with Crippen LogP contribution in [0.15, 0.2) is 46.9 Å². The fourth-order valence-electron chi connectivity index (χ4n) is 4.97. The number of aromatic amines is 2. The molecule has 4 rings (SSSR count). The second kappa shape index (κ2) is 10.2. The molecule has 2 aromatic heterocycles. The van der Waals surface area contributed by atoms with E-state index in [2.05, 4.69) is 36.0 Å². The standard InChI is InChI=1S/C27H37N3O/c1-19(2)15-20-11-8-6-4-5-7-9-12-21-16-22(20)24(29-21)17-26-27(31-3)18-25(30-26)23-13-10-14-28-23/h10,13-14,16-20,28-29H,4-9,11-12,15H2,1-3H3/b26-17-/t20-/m1/s1. The number of aliphatic imine (C=N–C) groups is 1. The number of H-pyrrole nitrogens is 2. The lowest BCUT2D eigenvalue weighted by atomic mass is 9.85. The van der Waals surface area contributed by atoms with E-state index in [1.165, 1.54) is 68.3 Å². The first kappa shape index (κ1) is 21.7. The molecule has 0 amide bonds. The highest BCUT2D eigenvalue weighted by molar-refractivity contribution is 6.11. The number of hydrogen-bond acceptors (Lipinski definition) is 2. The van der Waals surface area contributed by atoms with E-state index in [4.69, 9.17) is 9.73 Å². The number of aryl methyl sites for hydroxylation is 1. The molecule has 4 nitrogen and oxygen atoms in total. The molecule has 1 aliphatic carbocycles. The summed E-state index contributed by atoms with van der Waals surface area (Å²) in [5.74, 6) is 2.11. The first-order valence-electron chi connectivity index (χ1n) is 12.1. The Morgan fingerprint density at radius 2 is 1.97 bits per heavy atom. The van der Waals surface area contributed by atoms with Crippen LogP contribution in [0.2, 0.25) is 0 Å². The fourth-order valence-corrected chi connectivity index (χ4v) is 4.97. The molecule has 0 saturated carbocycles. The molecule has 1 aliphatic heterocycles. The molecule has 2 N–H and O–H groups in total. The lowest BCUT2D eigenvalue weighted by molar-refractivity contribution is 0.303. The monoisotopic (exact) mass is 419 g/mol. The van der Waals surface area contributed by atoms with Crippen molar-refractivity contribution in [2.75, 3.05) is 7.11 Å². The van der Waals surface area contributed by atoms with E-state index in [9.17, 15) is 0 Å². The summed E-state index contributed by atoms with van der Waals surface area (Å²) in [4.78, 5) is 11.9. The third kappa shape index (κ3) is 5.41. The smallest absolute Gasteiger partial charge is 0.146 e. The van der Waals surface area contributed by atoms with Crippen molar-refractivity contribution in [2.45, 2.75) is 77.6 Å². The van der Waals surface area contributed by atoms with Crippen molar-refractivity contribution in [3.05, 3.63) is 64.6 Å². The van der Waals surface area contributed by atoms with E-state index in [0.717, 1.165) is 29.3 Å². The Morgan fingerprint density at radius 1 is 1.16 bits per heavy atom. The van der Waals surface area contributed by atoms with Crippen molar-refractivity contribution in [3.63, 3.8) is 0 Å². The van der Waals surface area contributed by atoms with Crippen molar-refractivity contribution in [1.29, 1.82) is 0 Å². The summed E-state index contributed by atoms with van der Waals surface area (Å²) in [7, 11) is 1.73. The van der Waals surface area contributed by atoms with Gasteiger partial charge in [0.05, 0.1) is 18.5 Å². The van der Waals surface area contributed by atoms with Crippen molar-refractivity contribution in [3.8, 4) is 0 Å². The molecular weight excluding hydrogens is 382 g/mol. The average Bonchev–Trinajstić information content (AvgIpc) is 3.47. The van der Waals surface area contributed by atoms with Gasteiger partial charge in [-0.15, -0.1) is 0 Å². The van der Waals surface area contributed by atoms with Gasteiger partial charge in [0.15, 0.2) is 0 Å². The molecule has 4 heteroatoms. The minimum Gasteiger partial charge on any atom is -0.494 e. The predicted octanol–water partition coefficient (Wildman–Crippen LogP) is 7.13. The van der Waals surface area contributed by atoms with E-state index < -0.39 is 0 Å². The maximum absolute atomic E-state index is 5.68. The molecule has 0 fully saturated rings. The van der Waals surface area contributed by atoms with Crippen LogP contribution in [-0.4, -0.2) is 22.8 Å². The highest BCUT2D eigenvalue weighted by Crippen LogP contribution is 2.35. The summed E-state index contributed by atoms with van der Waals surface area (Å²) in [5, 5.41) is 0. The van der Waals surface area contributed by atoms with Gasteiger partial charge in [-0.3, -0.25) is 0 Å². The normalized spacial score (nSPS) is 21.5. The molecule has 0 radical (unpaired) electrons. The summed E-state index contributed by atoms with van der Waals surface area (Å²) in [6.07, 6.45) is 17.8. The van der Waals surface area contributed by atoms with Gasteiger partial charge in [-0.1, -0.05) is 46.0 Å². The zero-order valence-electron chi connectivity index (χ0n) is 19.3. The number of nitrogens with zero attached hydrogens (tertiary/aromatic N) is 1. The molecule has 3 heterocycles. The Kier molecular flexibility index (Phi) is 7.16. The van der Waals surface area contributed by atoms with Gasteiger partial charge in [0.25, 0.3) is 0 Å². The summed E-state index contributed by atoms with van der Waals surface area (Å²) >= 11 is 0. The van der Waals surface area contributed by atoms with Gasteiger partial charge in [-0.2, -0.15) is 0 Å². The lowest BCUT2D eigenvalue weighted by Gasteiger charge is -2.20. The Hall–Kier alpha value is -2.49. The number of allylic oxidation sites excluding steroid dienone is 1. The third-order valence-corrected chi connectivity index (χ3v) is 6.52. The maximum atomic E-state index is 5.68. The number of rotatable bonds is 5. The Bertz CT molecular complexity index is 943. The van der Waals surface area contributed by atoms with Gasteiger partial charge in [-0.05, 0) is 67.4 Å². The zero-order chi connectivity index (χ0) is 21.6. The summed E-state index contributed by atoms with van der Waals surface area (Å²) in [5.41, 5.74) is 6.89. The van der Waals surface area contributed by atoms with Gasteiger partial charge >= 0.3 is 0 Å². The van der Waals surface area contributed by atoms with E-state index in [-0.39, 0.29) is 0 Å². The van der Waals surface area contributed by atoms with Crippen LogP contribution < -0.4 is 0 Å². The number of hydrogen-bond donors (Lipinski definition) is 2. The minimum atomic E-state index is 0.597. The van der Waals surface area contributed by atoms with Crippen LogP contribution in [0.5, 0.6) is 0 Å². The molecule has 2 aromatic rings. The molecule has 166 valence electrons. The second-order valence-electron chi connectivity index (χ2n) is 9.47. The van der Waals surface area contributed by atoms with Crippen LogP contribution in [0.3, 0.4) is 0 Å². The summed E-state index contributed by atoms with van der Waals surface area (Å²) < 4.78 is 5.68. The topological polar surface area (TPSA) is 53.2 Å². The van der Waals surface area contributed by atoms with Crippen LogP contribution in [0.1, 0.15) is 93.8 Å². The van der Waals surface area contributed by atoms with Crippen LogP contribution in [0.25, 0.3) is 6.08 Å². The molecular formula is C27H37N3O. The first-order valence-corrected chi connectivity index (χ1v) is 12.1. The minimum absolute atomic E-state index is 0.597. The van der Waals surface area contributed by atoms with Crippen molar-refractivity contribution >= 4 is 11.8 Å². The van der Waals surface area contributed by atoms with Crippen molar-refractivity contribution in [1.82, 2.24) is 9.97 Å². The maximum Gasteiger partial charge on any atom is 0.146 e. The van der Waals surface area contributed by atoms with Gasteiger partial charge in [0, 0.05) is 23.7 Å². The molecule has 0 aromatic carbocycles. The highest BCUT2D eigenvalue weighted by Gasteiger charge is 2.22. The predicted molar refractivity (Wildman–Crippen MR) is 129 cm³/mol. The van der Waals surface area contributed by atoms with Crippen molar-refractivity contribution < 1.29 is 4.74 Å². The molecule has 2 aliphatic rings. The third-order valence-electron chi connectivity index (χ3n) is 6.52. The quantitative estimate of drug-likeness (QED) is 0.532. The molecule has 0 saturated heterocycles. The molecule has 0 unspecified atom stereocenters. The van der Waals surface area contributed by atoms with Crippen LogP contribution in [-0.2, 0) is 11.2 Å². The van der Waals surface area contributed by atoms with Crippen molar-refractivity contribution in [2.24, 2.45) is 10.9 Å². The number of fused-ring (bicyclic) bond motifs is 2. The summed E-state index contributed by atoms with van der Waals surface area (Å²) in [6.45, 7) is 4.69. The van der Waals surface area contributed by atoms with E-state index >= 15 is 0 Å². The SMILES string of the molecule is COC1=CC(c2ccc[nH]2)=N/C1=C\c1[nH]c2cc1[C@@H](CC(C)C)CCCCCCCC2. The first-order chi connectivity index (χ1) is 15.1. The average molecular weight is 420 g/mol. The Morgan fingerprint density at radius 3 is 2.71 bits per heavy atom. The lowest BCUT2D eigenvalue weighted by Crippen LogP contribution is -2.04. The number of methoxy groups -OCH3 is 1. The van der Waals surface area contributed by atoms with Crippen LogP contribution >= 0.6 is 0 Å². The number of nitrogens with one attached hydrogen (secondary N) is 2. The van der Waals surface area contributed by atoms with Gasteiger partial charge in [0.2, 0.25) is 0 Å². The summed E-state index contributed by atoms with van der Waals surface area (Å²) in [6, 6.07) is 6.49. The fraction of sp³-hybridized carbons (Fsp3) is 0.519. The zero-order valence-corrected chi connectivity index (χ0v) is 19.3. The van der Waals surface area contributed by atoms with E-state index in [1.54, 1.807) is 7.11 Å². The highest BCUT2D eigenvalue weighted by atomic mass is 16.5. The molecule has 0 spiro atoms.